The molecule has 2 N–H and O–H groups in total. The molecular weight excluding hydrogens is 352 g/mol. The molecule has 2 aromatic rings. The molecule has 3 atom stereocenters. The first kappa shape index (κ1) is 19.1. The predicted octanol–water partition coefficient (Wildman–Crippen LogP) is 2.48. The molecule has 0 radical (unpaired) electrons. The highest BCUT2D eigenvalue weighted by Crippen LogP contribution is 2.32. The maximum atomic E-state index is 13.2. The Labute approximate surface area is 166 Å². The number of rotatable bonds is 6. The van der Waals surface area contributed by atoms with Gasteiger partial charge in [0.25, 0.3) is 5.91 Å². The molecule has 0 spiro atoms. The fourth-order valence-corrected chi connectivity index (χ4v) is 4.36. The highest BCUT2D eigenvalue weighted by molar-refractivity contribution is 5.94. The van der Waals surface area contributed by atoms with Crippen molar-refractivity contribution in [3.05, 3.63) is 65.5 Å². The smallest absolute Gasteiger partial charge is 0.254 e. The maximum absolute atomic E-state index is 13.2. The Bertz CT molecular complexity index is 781. The van der Waals surface area contributed by atoms with Crippen LogP contribution in [0.3, 0.4) is 0 Å². The van der Waals surface area contributed by atoms with Gasteiger partial charge < -0.3 is 9.64 Å². The Kier molecular flexibility index (Phi) is 6.00. The number of carbonyl (C=O) groups is 1. The van der Waals surface area contributed by atoms with Gasteiger partial charge in [0.15, 0.2) is 0 Å². The molecule has 0 bridgehead atoms. The van der Waals surface area contributed by atoms with Gasteiger partial charge in [-0.1, -0.05) is 12.1 Å². The molecule has 2 aliphatic rings. The van der Waals surface area contributed by atoms with Crippen LogP contribution >= 0.6 is 0 Å². The number of likely N-dealkylation sites (tertiary alicyclic amines) is 1. The number of benzene rings is 1. The number of nitrogens with zero attached hydrogens (tertiary/aromatic N) is 2. The molecule has 0 saturated carbocycles. The highest BCUT2D eigenvalue weighted by Gasteiger charge is 2.41. The van der Waals surface area contributed by atoms with Gasteiger partial charge in [-0.15, -0.1) is 0 Å². The summed E-state index contributed by atoms with van der Waals surface area (Å²) in [7, 11) is 0. The lowest BCUT2D eigenvalue weighted by Gasteiger charge is -2.32. The molecule has 2 fully saturated rings. The van der Waals surface area contributed by atoms with Gasteiger partial charge in [-0.25, -0.2) is 0 Å². The van der Waals surface area contributed by atoms with E-state index in [4.69, 9.17) is 4.74 Å². The van der Waals surface area contributed by atoms with Crippen molar-refractivity contribution in [2.24, 2.45) is 0 Å². The number of amides is 1. The van der Waals surface area contributed by atoms with Crippen molar-refractivity contribution in [1.29, 1.82) is 0 Å². The Morgan fingerprint density at radius 1 is 1.21 bits per heavy atom. The summed E-state index contributed by atoms with van der Waals surface area (Å²) in [6.07, 6.45) is 5.74. The second kappa shape index (κ2) is 8.82. The normalized spacial score (nSPS) is 24.6. The van der Waals surface area contributed by atoms with Crippen LogP contribution in [0.5, 0.6) is 0 Å². The van der Waals surface area contributed by atoms with Crippen LogP contribution in [0.1, 0.15) is 47.2 Å². The average Bonchev–Trinajstić information content (AvgIpc) is 3.42. The molecule has 2 saturated heterocycles. The third kappa shape index (κ3) is 3.94. The van der Waals surface area contributed by atoms with Crippen LogP contribution in [-0.2, 0) is 11.3 Å². The minimum absolute atomic E-state index is 0.118. The quantitative estimate of drug-likeness (QED) is 0.806. The lowest BCUT2D eigenvalue weighted by atomic mass is 9.88. The van der Waals surface area contributed by atoms with E-state index in [1.807, 2.05) is 43.6 Å². The van der Waals surface area contributed by atoms with Crippen LogP contribution in [0.4, 0.5) is 0 Å². The van der Waals surface area contributed by atoms with E-state index in [9.17, 15) is 4.79 Å². The third-order valence-electron chi connectivity index (χ3n) is 5.81. The molecule has 1 aromatic heterocycles. The molecule has 28 heavy (non-hydrogen) atoms. The minimum Gasteiger partial charge on any atom is -0.377 e. The van der Waals surface area contributed by atoms with Crippen LogP contribution in [0.15, 0.2) is 48.8 Å². The summed E-state index contributed by atoms with van der Waals surface area (Å²) in [6, 6.07) is 12.4. The van der Waals surface area contributed by atoms with Crippen molar-refractivity contribution < 1.29 is 9.53 Å². The summed E-state index contributed by atoms with van der Waals surface area (Å²) >= 11 is 0. The van der Waals surface area contributed by atoms with Gasteiger partial charge in [0.1, 0.15) is 0 Å². The SMILES string of the molecule is CCOCc1ccc(C(=O)N2CCCC2C2NNCC2c2ccncc2)cc1. The zero-order valence-corrected chi connectivity index (χ0v) is 16.3. The minimum atomic E-state index is 0.118. The van der Waals surface area contributed by atoms with Crippen molar-refractivity contribution in [2.75, 3.05) is 19.7 Å². The zero-order valence-electron chi connectivity index (χ0n) is 16.3. The molecule has 1 amide bonds. The number of hydrazine groups is 1. The van der Waals surface area contributed by atoms with Crippen molar-refractivity contribution in [1.82, 2.24) is 20.7 Å². The van der Waals surface area contributed by atoms with Crippen molar-refractivity contribution in [2.45, 2.75) is 44.4 Å². The fraction of sp³-hybridized carbons (Fsp3) is 0.455. The molecule has 0 aliphatic carbocycles. The zero-order chi connectivity index (χ0) is 19.3. The van der Waals surface area contributed by atoms with Crippen molar-refractivity contribution >= 4 is 5.91 Å². The van der Waals surface area contributed by atoms with Gasteiger partial charge in [-0.2, -0.15) is 0 Å². The molecule has 6 nitrogen and oxygen atoms in total. The van der Waals surface area contributed by atoms with E-state index >= 15 is 0 Å². The van der Waals surface area contributed by atoms with Gasteiger partial charge >= 0.3 is 0 Å². The maximum Gasteiger partial charge on any atom is 0.254 e. The highest BCUT2D eigenvalue weighted by atomic mass is 16.5. The van der Waals surface area contributed by atoms with E-state index in [0.29, 0.717) is 19.1 Å². The number of pyridine rings is 1. The first-order chi connectivity index (χ1) is 13.8. The van der Waals surface area contributed by atoms with Gasteiger partial charge in [0.05, 0.1) is 6.61 Å². The topological polar surface area (TPSA) is 66.5 Å². The second-order valence-electron chi connectivity index (χ2n) is 7.48. The number of hydrogen-bond acceptors (Lipinski definition) is 5. The lowest BCUT2D eigenvalue weighted by molar-refractivity contribution is 0.0704. The summed E-state index contributed by atoms with van der Waals surface area (Å²) in [5.74, 6) is 0.447. The van der Waals surface area contributed by atoms with Gasteiger partial charge in [0.2, 0.25) is 0 Å². The summed E-state index contributed by atoms with van der Waals surface area (Å²) in [4.78, 5) is 19.4. The lowest BCUT2D eigenvalue weighted by Crippen LogP contribution is -2.49. The van der Waals surface area contributed by atoms with E-state index in [1.54, 1.807) is 0 Å². The first-order valence-corrected chi connectivity index (χ1v) is 10.1. The monoisotopic (exact) mass is 380 g/mol. The van der Waals surface area contributed by atoms with Crippen LogP contribution < -0.4 is 10.9 Å². The number of aromatic nitrogens is 1. The largest absolute Gasteiger partial charge is 0.377 e. The molecule has 1 aromatic carbocycles. The molecular formula is C22H28N4O2. The Morgan fingerprint density at radius 2 is 2.00 bits per heavy atom. The van der Waals surface area contributed by atoms with Crippen LogP contribution in [-0.4, -0.2) is 47.6 Å². The molecule has 148 valence electrons. The molecule has 6 heteroatoms. The number of carbonyl (C=O) groups excluding carboxylic acids is 1. The predicted molar refractivity (Wildman–Crippen MR) is 108 cm³/mol. The molecule has 3 heterocycles. The second-order valence-corrected chi connectivity index (χ2v) is 7.48. The number of ether oxygens (including phenoxy) is 1. The average molecular weight is 380 g/mol. The Morgan fingerprint density at radius 3 is 2.75 bits per heavy atom. The van der Waals surface area contributed by atoms with Crippen LogP contribution in [0, 0.1) is 0 Å². The Balaban J connectivity index is 1.49. The number of hydrogen-bond donors (Lipinski definition) is 2. The summed E-state index contributed by atoms with van der Waals surface area (Å²) in [5, 5.41) is 0. The summed E-state index contributed by atoms with van der Waals surface area (Å²) < 4.78 is 5.44. The molecule has 4 rings (SSSR count). The van der Waals surface area contributed by atoms with E-state index in [2.05, 4.69) is 32.9 Å². The van der Waals surface area contributed by atoms with E-state index in [1.165, 1.54) is 5.56 Å². The molecule has 2 aliphatic heterocycles. The van der Waals surface area contributed by atoms with E-state index in [-0.39, 0.29) is 18.0 Å². The van der Waals surface area contributed by atoms with E-state index < -0.39 is 0 Å². The van der Waals surface area contributed by atoms with E-state index in [0.717, 1.165) is 37.1 Å². The first-order valence-electron chi connectivity index (χ1n) is 10.1. The van der Waals surface area contributed by atoms with Gasteiger partial charge in [-0.3, -0.25) is 20.6 Å². The standard InChI is InChI=1S/C22H28N4O2/c1-2-28-15-16-5-7-18(8-6-16)22(27)26-13-3-4-20(26)21-19(14-24-25-21)17-9-11-23-12-10-17/h5-12,19-21,24-25H,2-4,13-15H2,1H3. The van der Waals surface area contributed by atoms with Crippen molar-refractivity contribution in [3.8, 4) is 0 Å². The summed E-state index contributed by atoms with van der Waals surface area (Å²) in [5.41, 5.74) is 9.84. The van der Waals surface area contributed by atoms with Crippen LogP contribution in [0.2, 0.25) is 0 Å². The Hall–Kier alpha value is -2.28. The van der Waals surface area contributed by atoms with Crippen LogP contribution in [0.25, 0.3) is 0 Å². The van der Waals surface area contributed by atoms with Crippen molar-refractivity contribution in [3.63, 3.8) is 0 Å². The number of nitrogens with one attached hydrogen (secondary N) is 2. The van der Waals surface area contributed by atoms with Gasteiger partial charge in [-0.05, 0) is 55.2 Å². The van der Waals surface area contributed by atoms with Gasteiger partial charge in [0, 0.05) is 55.7 Å². The fourth-order valence-electron chi connectivity index (χ4n) is 4.36. The molecule has 3 unspecified atom stereocenters. The third-order valence-corrected chi connectivity index (χ3v) is 5.81. The summed E-state index contributed by atoms with van der Waals surface area (Å²) in [6.45, 7) is 4.93.